The first-order valence-electron chi connectivity index (χ1n) is 11.3. The Morgan fingerprint density at radius 3 is 2.65 bits per heavy atom. The molecular formula is C26H34N2O3. The highest BCUT2D eigenvalue weighted by Crippen LogP contribution is 2.37. The molecule has 5 heteroatoms. The number of rotatable bonds is 9. The zero-order valence-corrected chi connectivity index (χ0v) is 19.3. The summed E-state index contributed by atoms with van der Waals surface area (Å²) in [5.74, 6) is 0.920. The fourth-order valence-electron chi connectivity index (χ4n) is 4.09. The summed E-state index contributed by atoms with van der Waals surface area (Å²) in [6.07, 6.45) is 3.19. The summed E-state index contributed by atoms with van der Waals surface area (Å²) in [5, 5.41) is 2.83. The van der Waals surface area contributed by atoms with Crippen molar-refractivity contribution in [3.05, 3.63) is 58.7 Å². The molecule has 2 amide bonds. The van der Waals surface area contributed by atoms with Crippen molar-refractivity contribution in [1.29, 1.82) is 0 Å². The van der Waals surface area contributed by atoms with E-state index in [1.54, 1.807) is 4.90 Å². The van der Waals surface area contributed by atoms with Crippen LogP contribution in [0.25, 0.3) is 0 Å². The normalized spacial score (nSPS) is 15.4. The first-order chi connectivity index (χ1) is 14.8. The van der Waals surface area contributed by atoms with E-state index in [2.05, 4.69) is 56.4 Å². The van der Waals surface area contributed by atoms with Gasteiger partial charge in [-0.15, -0.1) is 0 Å². The van der Waals surface area contributed by atoms with Crippen molar-refractivity contribution in [1.82, 2.24) is 5.32 Å². The summed E-state index contributed by atoms with van der Waals surface area (Å²) < 4.78 is 6.12. The van der Waals surface area contributed by atoms with E-state index in [-0.39, 0.29) is 11.8 Å². The van der Waals surface area contributed by atoms with E-state index in [1.807, 2.05) is 13.0 Å². The molecule has 31 heavy (non-hydrogen) atoms. The first kappa shape index (κ1) is 22.9. The molecule has 5 nitrogen and oxygen atoms in total. The molecule has 2 aromatic rings. The van der Waals surface area contributed by atoms with Gasteiger partial charge in [0.1, 0.15) is 18.4 Å². The van der Waals surface area contributed by atoms with Gasteiger partial charge in [-0.3, -0.25) is 9.59 Å². The first-order valence-corrected chi connectivity index (χ1v) is 11.3. The maximum Gasteiger partial charge on any atom is 0.254 e. The van der Waals surface area contributed by atoms with Crippen molar-refractivity contribution in [3.63, 3.8) is 0 Å². The number of nitrogens with one attached hydrogen (secondary N) is 1. The molecule has 0 aromatic heterocycles. The predicted molar refractivity (Wildman–Crippen MR) is 125 cm³/mol. The molecule has 0 unspecified atom stereocenters. The Bertz CT molecular complexity index is 952. The van der Waals surface area contributed by atoms with Gasteiger partial charge in [0.2, 0.25) is 5.91 Å². The third-order valence-corrected chi connectivity index (χ3v) is 5.74. The fraction of sp³-hybridized carbons (Fsp3) is 0.462. The predicted octanol–water partition coefficient (Wildman–Crippen LogP) is 5.06. The lowest BCUT2D eigenvalue weighted by atomic mass is 10.0. The van der Waals surface area contributed by atoms with E-state index in [4.69, 9.17) is 4.74 Å². The van der Waals surface area contributed by atoms with Crippen molar-refractivity contribution in [2.75, 3.05) is 18.1 Å². The Kier molecular flexibility index (Phi) is 7.37. The van der Waals surface area contributed by atoms with E-state index in [0.29, 0.717) is 19.1 Å². The third-order valence-electron chi connectivity index (χ3n) is 5.74. The number of unbranched alkanes of at least 4 members (excludes halogenated alkanes) is 1. The van der Waals surface area contributed by atoms with E-state index in [1.165, 1.54) is 12.5 Å². The molecular weight excluding hydrogens is 388 g/mol. The number of fused-ring (bicyclic) bond motifs is 1. The minimum absolute atomic E-state index is 0.102. The monoisotopic (exact) mass is 422 g/mol. The molecule has 1 atom stereocenters. The van der Waals surface area contributed by atoms with Crippen molar-refractivity contribution >= 4 is 17.5 Å². The molecule has 1 aliphatic heterocycles. The van der Waals surface area contributed by atoms with Crippen LogP contribution in [0.1, 0.15) is 74.8 Å². The minimum Gasteiger partial charge on any atom is -0.491 e. The van der Waals surface area contributed by atoms with Gasteiger partial charge in [0.05, 0.1) is 6.54 Å². The summed E-state index contributed by atoms with van der Waals surface area (Å²) in [6.45, 7) is 10.8. The van der Waals surface area contributed by atoms with Crippen LogP contribution in [0.15, 0.2) is 36.4 Å². The second kappa shape index (κ2) is 9.99. The summed E-state index contributed by atoms with van der Waals surface area (Å²) in [5.41, 5.74) is 5.25. The lowest BCUT2D eigenvalue weighted by molar-refractivity contribution is -0.126. The zero-order chi connectivity index (χ0) is 22.5. The van der Waals surface area contributed by atoms with E-state index < -0.39 is 6.04 Å². The molecule has 2 aromatic carbocycles. The van der Waals surface area contributed by atoms with Crippen LogP contribution in [0.2, 0.25) is 0 Å². The van der Waals surface area contributed by atoms with Crippen LogP contribution in [-0.4, -0.2) is 25.0 Å². The van der Waals surface area contributed by atoms with Crippen LogP contribution in [0.4, 0.5) is 5.69 Å². The lowest BCUT2D eigenvalue weighted by Crippen LogP contribution is -2.38. The summed E-state index contributed by atoms with van der Waals surface area (Å²) in [7, 11) is 0. The zero-order valence-electron chi connectivity index (χ0n) is 19.3. The van der Waals surface area contributed by atoms with Gasteiger partial charge >= 0.3 is 0 Å². The summed E-state index contributed by atoms with van der Waals surface area (Å²) in [6, 6.07) is 11.8. The second-order valence-corrected chi connectivity index (χ2v) is 8.66. The Balaban J connectivity index is 1.79. The highest BCUT2D eigenvalue weighted by molar-refractivity contribution is 6.06. The highest BCUT2D eigenvalue weighted by Gasteiger charge is 2.37. The quantitative estimate of drug-likeness (QED) is 0.614. The van der Waals surface area contributed by atoms with Crippen molar-refractivity contribution in [2.45, 2.75) is 65.8 Å². The summed E-state index contributed by atoms with van der Waals surface area (Å²) >= 11 is 0. The lowest BCUT2D eigenvalue weighted by Gasteiger charge is -2.20. The molecule has 166 valence electrons. The van der Waals surface area contributed by atoms with Crippen LogP contribution in [-0.2, 0) is 16.0 Å². The van der Waals surface area contributed by atoms with Gasteiger partial charge in [-0.1, -0.05) is 51.5 Å². The van der Waals surface area contributed by atoms with Gasteiger partial charge < -0.3 is 15.0 Å². The van der Waals surface area contributed by atoms with Crippen LogP contribution >= 0.6 is 0 Å². The molecule has 0 aliphatic carbocycles. The molecule has 0 radical (unpaired) electrons. The number of benzene rings is 2. The number of carbonyl (C=O) groups excluding carboxylic acids is 2. The van der Waals surface area contributed by atoms with Gasteiger partial charge in [-0.05, 0) is 54.5 Å². The van der Waals surface area contributed by atoms with E-state index in [0.717, 1.165) is 47.4 Å². The summed E-state index contributed by atoms with van der Waals surface area (Å²) in [4.78, 5) is 26.6. The largest absolute Gasteiger partial charge is 0.491 e. The van der Waals surface area contributed by atoms with E-state index >= 15 is 0 Å². The number of aryl methyl sites for hydroxylation is 2. The minimum atomic E-state index is -0.626. The Morgan fingerprint density at radius 1 is 1.19 bits per heavy atom. The number of amides is 2. The SMILES string of the molecule is CCCCc1ccc2c(c1)[C@@H](NC(C)=O)C(=O)N2CCOc1cc(C)ccc1C(C)C. The highest BCUT2D eigenvalue weighted by atomic mass is 16.5. The molecule has 1 N–H and O–H groups in total. The molecule has 0 fully saturated rings. The molecule has 0 saturated carbocycles. The van der Waals surface area contributed by atoms with Gasteiger partial charge in [0, 0.05) is 18.2 Å². The second-order valence-electron chi connectivity index (χ2n) is 8.66. The Labute approximate surface area is 185 Å². The van der Waals surface area contributed by atoms with Gasteiger partial charge in [0.25, 0.3) is 5.91 Å². The van der Waals surface area contributed by atoms with Gasteiger partial charge in [-0.2, -0.15) is 0 Å². The number of hydrogen-bond acceptors (Lipinski definition) is 3. The maximum atomic E-state index is 13.2. The molecule has 1 heterocycles. The Morgan fingerprint density at radius 2 is 1.97 bits per heavy atom. The third kappa shape index (κ3) is 5.27. The van der Waals surface area contributed by atoms with Crippen LogP contribution in [0.3, 0.4) is 0 Å². The smallest absolute Gasteiger partial charge is 0.254 e. The van der Waals surface area contributed by atoms with Crippen molar-refractivity contribution in [3.8, 4) is 5.75 Å². The van der Waals surface area contributed by atoms with Crippen molar-refractivity contribution < 1.29 is 14.3 Å². The van der Waals surface area contributed by atoms with Crippen LogP contribution in [0, 0.1) is 6.92 Å². The molecule has 0 saturated heterocycles. The van der Waals surface area contributed by atoms with Gasteiger partial charge in [-0.25, -0.2) is 0 Å². The average molecular weight is 423 g/mol. The van der Waals surface area contributed by atoms with Crippen LogP contribution in [0.5, 0.6) is 5.75 Å². The topological polar surface area (TPSA) is 58.6 Å². The van der Waals surface area contributed by atoms with E-state index in [9.17, 15) is 9.59 Å². The molecule has 3 rings (SSSR count). The maximum absolute atomic E-state index is 13.2. The fourth-order valence-corrected chi connectivity index (χ4v) is 4.09. The van der Waals surface area contributed by atoms with Crippen molar-refractivity contribution in [2.24, 2.45) is 0 Å². The Hall–Kier alpha value is -2.82. The number of ether oxygens (including phenoxy) is 1. The number of anilines is 1. The van der Waals surface area contributed by atoms with Gasteiger partial charge in [0.15, 0.2) is 0 Å². The number of nitrogens with zero attached hydrogens (tertiary/aromatic N) is 1. The molecule has 0 bridgehead atoms. The molecule has 1 aliphatic rings. The standard InChI is InChI=1S/C26H34N2O3/c1-6-7-8-20-10-12-23-22(16-20)25(27-19(5)29)26(30)28(23)13-14-31-24-15-18(4)9-11-21(24)17(2)3/h9-12,15-17,25H,6-8,13-14H2,1-5H3,(H,27,29)/t25-/m1/s1. The molecule has 0 spiro atoms. The average Bonchev–Trinajstić information content (AvgIpc) is 2.97. The van der Waals surface area contributed by atoms with Crippen LogP contribution < -0.4 is 15.0 Å². The number of carbonyl (C=O) groups is 2. The number of hydrogen-bond donors (Lipinski definition) is 1.